The summed E-state index contributed by atoms with van der Waals surface area (Å²) < 4.78 is 32.0. The van der Waals surface area contributed by atoms with Gasteiger partial charge in [-0.3, -0.25) is 9.78 Å². The zero-order valence-corrected chi connectivity index (χ0v) is 9.84. The highest BCUT2D eigenvalue weighted by Crippen LogP contribution is 2.29. The monoisotopic (exact) mass is 278 g/mol. The number of aliphatic hydroxyl groups excluding tert-OH is 2. The quantitative estimate of drug-likeness (QED) is 0.575. The van der Waals surface area contributed by atoms with Crippen LogP contribution >= 0.6 is 0 Å². The van der Waals surface area contributed by atoms with E-state index in [4.69, 9.17) is 9.84 Å². The van der Waals surface area contributed by atoms with Gasteiger partial charge in [-0.1, -0.05) is 0 Å². The molecule has 2 heterocycles. The van der Waals surface area contributed by atoms with Crippen molar-refractivity contribution >= 4 is 0 Å². The van der Waals surface area contributed by atoms with Crippen molar-refractivity contribution in [1.82, 2.24) is 9.55 Å². The normalized spacial score (nSPS) is 30.8. The SMILES string of the molecule is Cc1c(F)[nH]c(=O)n([C@@H]2O[C@H](CO)[C@@H](F)[C@H]2O)c1=O. The van der Waals surface area contributed by atoms with E-state index in [9.17, 15) is 23.5 Å². The molecule has 3 N–H and O–H groups in total. The minimum atomic E-state index is -1.95. The predicted octanol–water partition coefficient (Wildman–Crippen LogP) is -1.43. The molecule has 0 bridgehead atoms. The van der Waals surface area contributed by atoms with E-state index in [0.29, 0.717) is 4.57 Å². The first-order valence-corrected chi connectivity index (χ1v) is 5.47. The molecule has 4 atom stereocenters. The van der Waals surface area contributed by atoms with Gasteiger partial charge in [0.1, 0.15) is 12.2 Å². The van der Waals surface area contributed by atoms with Gasteiger partial charge in [-0.25, -0.2) is 13.8 Å². The third kappa shape index (κ3) is 2.09. The fraction of sp³-hybridized carbons (Fsp3) is 0.600. The van der Waals surface area contributed by atoms with Gasteiger partial charge in [-0.05, 0) is 6.92 Å². The van der Waals surface area contributed by atoms with E-state index < -0.39 is 54.0 Å². The van der Waals surface area contributed by atoms with E-state index in [1.807, 2.05) is 0 Å². The van der Waals surface area contributed by atoms with Gasteiger partial charge in [0, 0.05) is 0 Å². The summed E-state index contributed by atoms with van der Waals surface area (Å²) in [6.45, 7) is 0.406. The Morgan fingerprint density at radius 3 is 2.63 bits per heavy atom. The number of aromatic amines is 1. The van der Waals surface area contributed by atoms with Crippen molar-refractivity contribution in [2.75, 3.05) is 6.61 Å². The van der Waals surface area contributed by atoms with Gasteiger partial charge in [0.2, 0.25) is 5.95 Å². The Labute approximate surface area is 105 Å². The zero-order chi connectivity index (χ0) is 14.3. The molecule has 0 spiro atoms. The van der Waals surface area contributed by atoms with Crippen LogP contribution in [0.5, 0.6) is 0 Å². The summed E-state index contributed by atoms with van der Waals surface area (Å²) in [5.41, 5.74) is -2.59. The predicted molar refractivity (Wildman–Crippen MR) is 57.9 cm³/mol. The Bertz CT molecular complexity index is 599. The molecule has 1 aromatic rings. The van der Waals surface area contributed by atoms with Crippen molar-refractivity contribution in [3.63, 3.8) is 0 Å². The number of hydrogen-bond donors (Lipinski definition) is 3. The molecule has 0 amide bonds. The summed E-state index contributed by atoms with van der Waals surface area (Å²) in [5, 5.41) is 18.5. The number of aromatic nitrogens is 2. The first-order valence-electron chi connectivity index (χ1n) is 5.47. The molecule has 1 aliphatic heterocycles. The minimum absolute atomic E-state index is 0.391. The van der Waals surface area contributed by atoms with Gasteiger partial charge in [-0.2, -0.15) is 4.39 Å². The van der Waals surface area contributed by atoms with Gasteiger partial charge >= 0.3 is 5.69 Å². The van der Waals surface area contributed by atoms with Crippen molar-refractivity contribution < 1.29 is 23.7 Å². The number of halogens is 2. The lowest BCUT2D eigenvalue weighted by atomic mass is 10.1. The summed E-state index contributed by atoms with van der Waals surface area (Å²) in [6.07, 6.45) is -6.72. The van der Waals surface area contributed by atoms with E-state index in [2.05, 4.69) is 0 Å². The lowest BCUT2D eigenvalue weighted by Crippen LogP contribution is -2.43. The van der Waals surface area contributed by atoms with Crippen molar-refractivity contribution in [3.8, 4) is 0 Å². The largest absolute Gasteiger partial charge is 0.394 e. The molecule has 2 rings (SSSR count). The van der Waals surface area contributed by atoms with Gasteiger partial charge in [0.25, 0.3) is 5.56 Å². The highest BCUT2D eigenvalue weighted by atomic mass is 19.1. The average molecular weight is 278 g/mol. The molecule has 0 saturated carbocycles. The highest BCUT2D eigenvalue weighted by Gasteiger charge is 2.46. The van der Waals surface area contributed by atoms with E-state index in [1.54, 1.807) is 4.98 Å². The Kier molecular flexibility index (Phi) is 3.52. The minimum Gasteiger partial charge on any atom is -0.394 e. The molecule has 1 aromatic heterocycles. The second kappa shape index (κ2) is 4.83. The van der Waals surface area contributed by atoms with Gasteiger partial charge in [0.05, 0.1) is 12.2 Å². The molecule has 1 fully saturated rings. The lowest BCUT2D eigenvalue weighted by molar-refractivity contribution is -0.0556. The number of aliphatic hydroxyl groups is 2. The van der Waals surface area contributed by atoms with Crippen LogP contribution in [0.4, 0.5) is 8.78 Å². The molecular formula is C10H12F2N2O5. The molecule has 19 heavy (non-hydrogen) atoms. The summed E-state index contributed by atoms with van der Waals surface area (Å²) >= 11 is 0. The molecule has 7 nitrogen and oxygen atoms in total. The molecule has 0 aromatic carbocycles. The van der Waals surface area contributed by atoms with E-state index >= 15 is 0 Å². The third-order valence-electron chi connectivity index (χ3n) is 3.03. The highest BCUT2D eigenvalue weighted by molar-refractivity contribution is 5.05. The van der Waals surface area contributed by atoms with Crippen LogP contribution < -0.4 is 11.2 Å². The van der Waals surface area contributed by atoms with Crippen molar-refractivity contribution in [1.29, 1.82) is 0 Å². The fourth-order valence-electron chi connectivity index (χ4n) is 1.91. The number of hydrogen-bond acceptors (Lipinski definition) is 5. The summed E-state index contributed by atoms with van der Waals surface area (Å²) in [4.78, 5) is 25.1. The molecular weight excluding hydrogens is 266 g/mol. The smallest absolute Gasteiger partial charge is 0.332 e. The van der Waals surface area contributed by atoms with Crippen LogP contribution in [0.15, 0.2) is 9.59 Å². The van der Waals surface area contributed by atoms with E-state index in [0.717, 1.165) is 6.92 Å². The first kappa shape index (κ1) is 13.8. The number of rotatable bonds is 2. The molecule has 0 radical (unpaired) electrons. The van der Waals surface area contributed by atoms with Crippen LogP contribution in [-0.2, 0) is 4.74 Å². The maximum absolute atomic E-state index is 13.5. The summed E-state index contributed by atoms with van der Waals surface area (Å²) in [7, 11) is 0. The van der Waals surface area contributed by atoms with Gasteiger partial charge < -0.3 is 14.9 Å². The lowest BCUT2D eigenvalue weighted by Gasteiger charge is -2.16. The number of ether oxygens (including phenoxy) is 1. The second-order valence-electron chi connectivity index (χ2n) is 4.23. The Balaban J connectivity index is 2.53. The fourth-order valence-corrected chi connectivity index (χ4v) is 1.91. The molecule has 1 saturated heterocycles. The Hall–Kier alpha value is -1.58. The molecule has 0 unspecified atom stereocenters. The van der Waals surface area contributed by atoms with Crippen LogP contribution in [0.1, 0.15) is 11.8 Å². The van der Waals surface area contributed by atoms with Crippen LogP contribution in [0, 0.1) is 12.9 Å². The standard InChI is InChI=1S/C10H12F2N2O5/c1-3-7(12)13-10(18)14(8(3)17)9-6(16)5(11)4(2-15)19-9/h4-6,9,15-16H,2H2,1H3,(H,13,18)/t4-,5-,6-,9-/m1/s1. The molecule has 0 aliphatic carbocycles. The van der Waals surface area contributed by atoms with E-state index in [-0.39, 0.29) is 0 Å². The number of H-pyrrole nitrogens is 1. The Morgan fingerprint density at radius 2 is 2.11 bits per heavy atom. The molecule has 1 aliphatic rings. The third-order valence-corrected chi connectivity index (χ3v) is 3.03. The maximum atomic E-state index is 13.5. The van der Waals surface area contributed by atoms with Crippen LogP contribution in [0.3, 0.4) is 0 Å². The number of alkyl halides is 1. The van der Waals surface area contributed by atoms with Crippen LogP contribution in [0.2, 0.25) is 0 Å². The van der Waals surface area contributed by atoms with Gasteiger partial charge in [-0.15, -0.1) is 0 Å². The number of nitrogens with zero attached hydrogens (tertiary/aromatic N) is 1. The Morgan fingerprint density at radius 1 is 1.47 bits per heavy atom. The summed E-state index contributed by atoms with van der Waals surface area (Å²) in [6, 6.07) is 0. The summed E-state index contributed by atoms with van der Waals surface area (Å²) in [5.74, 6) is -1.10. The van der Waals surface area contributed by atoms with Crippen molar-refractivity contribution in [2.24, 2.45) is 0 Å². The average Bonchev–Trinajstić information content (AvgIpc) is 2.64. The zero-order valence-electron chi connectivity index (χ0n) is 9.84. The topological polar surface area (TPSA) is 105 Å². The van der Waals surface area contributed by atoms with Crippen LogP contribution in [-0.4, -0.2) is 44.8 Å². The molecule has 106 valence electrons. The van der Waals surface area contributed by atoms with E-state index in [1.165, 1.54) is 0 Å². The van der Waals surface area contributed by atoms with Crippen LogP contribution in [0.25, 0.3) is 0 Å². The number of nitrogens with one attached hydrogen (secondary N) is 1. The second-order valence-corrected chi connectivity index (χ2v) is 4.23. The van der Waals surface area contributed by atoms with Crippen molar-refractivity contribution in [2.45, 2.75) is 31.5 Å². The maximum Gasteiger partial charge on any atom is 0.332 e. The molecule has 9 heteroatoms. The van der Waals surface area contributed by atoms with Gasteiger partial charge in [0.15, 0.2) is 12.4 Å². The first-order chi connectivity index (χ1) is 8.88. The van der Waals surface area contributed by atoms with Crippen molar-refractivity contribution in [3.05, 3.63) is 32.3 Å².